The van der Waals surface area contributed by atoms with Crippen molar-refractivity contribution >= 4 is 11.6 Å². The van der Waals surface area contributed by atoms with E-state index in [1.54, 1.807) is 0 Å². The highest BCUT2D eigenvalue weighted by atomic mass is 35.5. The number of benzene rings is 1. The highest BCUT2D eigenvalue weighted by Gasteiger charge is 2.07. The maximum absolute atomic E-state index is 6.00. The minimum atomic E-state index is -0.444. The van der Waals surface area contributed by atoms with Gasteiger partial charge in [0.2, 0.25) is 0 Å². The van der Waals surface area contributed by atoms with E-state index >= 15 is 0 Å². The molecule has 1 aromatic rings. The van der Waals surface area contributed by atoms with Gasteiger partial charge in [0.15, 0.2) is 0 Å². The minimum absolute atomic E-state index is 0.444. The predicted octanol–water partition coefficient (Wildman–Crippen LogP) is 3.62. The van der Waals surface area contributed by atoms with Gasteiger partial charge >= 0.3 is 0 Å². The van der Waals surface area contributed by atoms with Crippen molar-refractivity contribution in [2.24, 2.45) is 0 Å². The Hall–Kier alpha value is -0.930. The molecular weight excluding hydrogens is 192 g/mol. The van der Waals surface area contributed by atoms with Crippen molar-refractivity contribution < 1.29 is 0 Å². The van der Waals surface area contributed by atoms with Crippen molar-refractivity contribution in [1.29, 1.82) is 0 Å². The summed E-state index contributed by atoms with van der Waals surface area (Å²) in [7, 11) is 0. The molecule has 0 bridgehead atoms. The molecule has 0 radical (unpaired) electrons. The first kappa shape index (κ1) is 11.1. The summed E-state index contributed by atoms with van der Waals surface area (Å²) in [5.74, 6) is 6.15. The number of rotatable bonds is 1. The van der Waals surface area contributed by atoms with E-state index in [2.05, 4.69) is 24.8 Å². The van der Waals surface area contributed by atoms with Gasteiger partial charge in [-0.2, -0.15) is 0 Å². The zero-order valence-corrected chi connectivity index (χ0v) is 9.65. The highest BCUT2D eigenvalue weighted by Crippen LogP contribution is 2.12. The van der Waals surface area contributed by atoms with Gasteiger partial charge < -0.3 is 0 Å². The standard InChI is InChI=1S/C13H15Cl/c1-4-11-7-5-6-8-12(11)9-10-13(2,3)14/h5-8H,4H2,1-3H3. The summed E-state index contributed by atoms with van der Waals surface area (Å²) in [4.78, 5) is -0.444. The fraction of sp³-hybridized carbons (Fsp3) is 0.385. The molecule has 0 amide bonds. The normalized spacial score (nSPS) is 10.6. The van der Waals surface area contributed by atoms with Gasteiger partial charge in [0, 0.05) is 5.56 Å². The smallest absolute Gasteiger partial charge is 0.0997 e. The van der Waals surface area contributed by atoms with E-state index in [-0.39, 0.29) is 0 Å². The Morgan fingerprint density at radius 1 is 1.29 bits per heavy atom. The van der Waals surface area contributed by atoms with Gasteiger partial charge in [0.25, 0.3) is 0 Å². The summed E-state index contributed by atoms with van der Waals surface area (Å²) < 4.78 is 0. The van der Waals surface area contributed by atoms with E-state index in [1.165, 1.54) is 5.56 Å². The fourth-order valence-corrected chi connectivity index (χ4v) is 1.21. The SMILES string of the molecule is CCc1ccccc1C#CC(C)(C)Cl. The Balaban J connectivity index is 3.00. The molecule has 0 heterocycles. The van der Waals surface area contributed by atoms with Crippen molar-refractivity contribution in [1.82, 2.24) is 0 Å². The number of halogens is 1. The van der Waals surface area contributed by atoms with Crippen LogP contribution in [0.15, 0.2) is 24.3 Å². The van der Waals surface area contributed by atoms with Crippen LogP contribution in [-0.4, -0.2) is 4.87 Å². The van der Waals surface area contributed by atoms with E-state index in [0.717, 1.165) is 12.0 Å². The number of aryl methyl sites for hydroxylation is 1. The minimum Gasteiger partial charge on any atom is -0.106 e. The van der Waals surface area contributed by atoms with Crippen molar-refractivity contribution in [3.63, 3.8) is 0 Å². The van der Waals surface area contributed by atoms with Gasteiger partial charge in [-0.25, -0.2) is 0 Å². The van der Waals surface area contributed by atoms with Crippen molar-refractivity contribution in [2.75, 3.05) is 0 Å². The quantitative estimate of drug-likeness (QED) is 0.487. The predicted molar refractivity (Wildman–Crippen MR) is 62.6 cm³/mol. The van der Waals surface area contributed by atoms with E-state index < -0.39 is 4.87 Å². The van der Waals surface area contributed by atoms with E-state index in [4.69, 9.17) is 11.6 Å². The zero-order chi connectivity index (χ0) is 10.6. The lowest BCUT2D eigenvalue weighted by Gasteiger charge is -2.05. The van der Waals surface area contributed by atoms with Crippen molar-refractivity contribution in [2.45, 2.75) is 32.1 Å². The molecule has 0 fully saturated rings. The number of alkyl halides is 1. The maximum Gasteiger partial charge on any atom is 0.0997 e. The van der Waals surface area contributed by atoms with Gasteiger partial charge in [-0.15, -0.1) is 11.6 Å². The molecule has 0 aliphatic carbocycles. The Labute approximate surface area is 91.3 Å². The summed E-state index contributed by atoms with van der Waals surface area (Å²) >= 11 is 6.00. The first-order chi connectivity index (χ1) is 6.53. The lowest BCUT2D eigenvalue weighted by Crippen LogP contribution is -2.05. The summed E-state index contributed by atoms with van der Waals surface area (Å²) in [6.45, 7) is 5.93. The fourth-order valence-electron chi connectivity index (χ4n) is 1.17. The molecule has 0 aliphatic rings. The van der Waals surface area contributed by atoms with Gasteiger partial charge in [-0.3, -0.25) is 0 Å². The van der Waals surface area contributed by atoms with Gasteiger partial charge in [-0.05, 0) is 31.9 Å². The average molecular weight is 207 g/mol. The molecule has 0 saturated carbocycles. The van der Waals surface area contributed by atoms with E-state index in [1.807, 2.05) is 32.0 Å². The third-order valence-corrected chi connectivity index (χ3v) is 1.99. The molecule has 1 aromatic carbocycles. The molecule has 0 nitrogen and oxygen atoms in total. The van der Waals surface area contributed by atoms with Crippen molar-refractivity contribution in [3.8, 4) is 11.8 Å². The lowest BCUT2D eigenvalue weighted by atomic mass is 10.1. The first-order valence-corrected chi connectivity index (χ1v) is 5.20. The lowest BCUT2D eigenvalue weighted by molar-refractivity contribution is 0.917. The average Bonchev–Trinajstić information content (AvgIpc) is 2.14. The van der Waals surface area contributed by atoms with E-state index in [0.29, 0.717) is 0 Å². The van der Waals surface area contributed by atoms with Crippen LogP contribution < -0.4 is 0 Å². The second kappa shape index (κ2) is 4.53. The summed E-state index contributed by atoms with van der Waals surface area (Å²) in [6, 6.07) is 8.18. The number of hydrogen-bond acceptors (Lipinski definition) is 0. The molecule has 0 aliphatic heterocycles. The Morgan fingerprint density at radius 3 is 2.50 bits per heavy atom. The van der Waals surface area contributed by atoms with Crippen LogP contribution in [-0.2, 0) is 6.42 Å². The molecule has 0 atom stereocenters. The van der Waals surface area contributed by atoms with Crippen LogP contribution in [0.1, 0.15) is 31.9 Å². The molecule has 74 valence electrons. The van der Waals surface area contributed by atoms with Gasteiger partial charge in [0.1, 0.15) is 0 Å². The largest absolute Gasteiger partial charge is 0.106 e. The van der Waals surface area contributed by atoms with Crippen LogP contribution in [0.2, 0.25) is 0 Å². The van der Waals surface area contributed by atoms with Crippen LogP contribution in [0.3, 0.4) is 0 Å². The van der Waals surface area contributed by atoms with Gasteiger partial charge in [-0.1, -0.05) is 37.0 Å². The molecular formula is C13H15Cl. The zero-order valence-electron chi connectivity index (χ0n) is 8.89. The van der Waals surface area contributed by atoms with Crippen LogP contribution in [0.4, 0.5) is 0 Å². The molecule has 0 saturated heterocycles. The molecule has 0 spiro atoms. The molecule has 14 heavy (non-hydrogen) atoms. The maximum atomic E-state index is 6.00. The summed E-state index contributed by atoms with van der Waals surface area (Å²) in [6.07, 6.45) is 1.01. The molecule has 1 heteroatoms. The molecule has 0 N–H and O–H groups in total. The Bertz CT molecular complexity index is 361. The Morgan fingerprint density at radius 2 is 1.93 bits per heavy atom. The van der Waals surface area contributed by atoms with Crippen LogP contribution in [0, 0.1) is 11.8 Å². The van der Waals surface area contributed by atoms with Crippen LogP contribution in [0.25, 0.3) is 0 Å². The summed E-state index contributed by atoms with van der Waals surface area (Å²) in [5, 5.41) is 0. The monoisotopic (exact) mass is 206 g/mol. The topological polar surface area (TPSA) is 0 Å². The second-order valence-corrected chi connectivity index (χ2v) is 4.68. The third kappa shape index (κ3) is 3.44. The van der Waals surface area contributed by atoms with Gasteiger partial charge in [0.05, 0.1) is 4.87 Å². The molecule has 0 unspecified atom stereocenters. The van der Waals surface area contributed by atoms with Crippen molar-refractivity contribution in [3.05, 3.63) is 35.4 Å². The van der Waals surface area contributed by atoms with Crippen LogP contribution >= 0.6 is 11.6 Å². The summed E-state index contributed by atoms with van der Waals surface area (Å²) in [5.41, 5.74) is 2.37. The number of hydrogen-bond donors (Lipinski definition) is 0. The Kier molecular flexibility index (Phi) is 3.61. The molecule has 1 rings (SSSR count). The highest BCUT2D eigenvalue weighted by molar-refractivity contribution is 6.25. The first-order valence-electron chi connectivity index (χ1n) is 4.83. The van der Waals surface area contributed by atoms with Crippen LogP contribution in [0.5, 0.6) is 0 Å². The van der Waals surface area contributed by atoms with E-state index in [9.17, 15) is 0 Å². The second-order valence-electron chi connectivity index (χ2n) is 3.73. The third-order valence-electron chi connectivity index (χ3n) is 1.89. The molecule has 0 aromatic heterocycles.